The van der Waals surface area contributed by atoms with E-state index in [-0.39, 0.29) is 30.7 Å². The van der Waals surface area contributed by atoms with Gasteiger partial charge in [-0.25, -0.2) is 0 Å². The molecule has 170 valence electrons. The fraction of sp³-hybridized carbons (Fsp3) is 0.905. The predicted octanol–water partition coefficient (Wildman–Crippen LogP) is 2.40. The number of piperidine rings is 2. The van der Waals surface area contributed by atoms with E-state index in [1.54, 1.807) is 0 Å². The van der Waals surface area contributed by atoms with Crippen LogP contribution < -0.4 is 5.32 Å². The van der Waals surface area contributed by atoms with Gasteiger partial charge in [-0.3, -0.25) is 14.5 Å². The Kier molecular flexibility index (Phi) is 11.9. The molecule has 0 aliphatic carbocycles. The van der Waals surface area contributed by atoms with Crippen molar-refractivity contribution in [1.29, 1.82) is 0 Å². The first-order chi connectivity index (χ1) is 13.0. The Balaban J connectivity index is 0.00000210. The van der Waals surface area contributed by atoms with Crippen LogP contribution in [0.2, 0.25) is 0 Å². The van der Waals surface area contributed by atoms with Crippen molar-refractivity contribution in [2.75, 3.05) is 52.4 Å². The Morgan fingerprint density at radius 2 is 1.69 bits per heavy atom. The number of hydrogen-bond acceptors (Lipinski definition) is 4. The van der Waals surface area contributed by atoms with Crippen LogP contribution in [0, 0.1) is 11.8 Å². The first-order valence-corrected chi connectivity index (χ1v) is 11.0. The SMILES string of the molecule is CC(CC(=O)N1CCN(CC(=O)N2CCCCC2C)CC1)C1CCCNC1.Cl.Cl. The molecule has 1 N–H and O–H groups in total. The molecule has 0 saturated carbocycles. The third-order valence-electron chi connectivity index (χ3n) is 6.84. The molecule has 0 aromatic carbocycles. The number of likely N-dealkylation sites (tertiary alicyclic amines) is 1. The zero-order valence-corrected chi connectivity index (χ0v) is 19.7. The van der Waals surface area contributed by atoms with Crippen LogP contribution in [0.3, 0.4) is 0 Å². The van der Waals surface area contributed by atoms with Gasteiger partial charge < -0.3 is 15.1 Å². The summed E-state index contributed by atoms with van der Waals surface area (Å²) < 4.78 is 0. The summed E-state index contributed by atoms with van der Waals surface area (Å²) in [5.74, 6) is 1.64. The number of halogens is 2. The van der Waals surface area contributed by atoms with E-state index in [0.717, 1.165) is 58.7 Å². The summed E-state index contributed by atoms with van der Waals surface area (Å²) in [6, 6.07) is 0.380. The zero-order chi connectivity index (χ0) is 19.2. The molecule has 0 aromatic heterocycles. The van der Waals surface area contributed by atoms with Gasteiger partial charge in [-0.1, -0.05) is 6.92 Å². The van der Waals surface area contributed by atoms with Gasteiger partial charge in [0, 0.05) is 45.2 Å². The Hall–Kier alpha value is -0.560. The number of nitrogens with one attached hydrogen (secondary N) is 1. The minimum Gasteiger partial charge on any atom is -0.340 e. The first kappa shape index (κ1) is 26.5. The molecule has 3 aliphatic heterocycles. The average Bonchev–Trinajstić information content (AvgIpc) is 2.69. The first-order valence-electron chi connectivity index (χ1n) is 11.0. The van der Waals surface area contributed by atoms with Crippen molar-refractivity contribution in [2.45, 2.75) is 58.4 Å². The molecule has 3 heterocycles. The standard InChI is InChI=1S/C21H38N4O2.2ClH/c1-17(19-7-5-8-22-15-19)14-20(26)24-12-10-23(11-13-24)16-21(27)25-9-4-3-6-18(25)2;;/h17-19,22H,3-16H2,1-2H3;2*1H. The molecule has 6 nitrogen and oxygen atoms in total. The van der Waals surface area contributed by atoms with E-state index in [1.807, 2.05) is 4.90 Å². The highest BCUT2D eigenvalue weighted by atomic mass is 35.5. The molecule has 3 saturated heterocycles. The summed E-state index contributed by atoms with van der Waals surface area (Å²) in [7, 11) is 0. The maximum Gasteiger partial charge on any atom is 0.236 e. The van der Waals surface area contributed by atoms with Gasteiger partial charge in [0.05, 0.1) is 6.54 Å². The number of piperazine rings is 1. The highest BCUT2D eigenvalue weighted by molar-refractivity contribution is 5.85. The molecule has 29 heavy (non-hydrogen) atoms. The third kappa shape index (κ3) is 7.57. The van der Waals surface area contributed by atoms with Crippen LogP contribution in [0.1, 0.15) is 52.4 Å². The van der Waals surface area contributed by atoms with Crippen LogP contribution in [0.25, 0.3) is 0 Å². The van der Waals surface area contributed by atoms with Gasteiger partial charge in [-0.15, -0.1) is 24.8 Å². The third-order valence-corrected chi connectivity index (χ3v) is 6.84. The number of nitrogens with zero attached hydrogens (tertiary/aromatic N) is 3. The second-order valence-electron chi connectivity index (χ2n) is 8.88. The molecule has 0 radical (unpaired) electrons. The Morgan fingerprint density at radius 3 is 2.31 bits per heavy atom. The van der Waals surface area contributed by atoms with Crippen LogP contribution in [-0.4, -0.2) is 84.9 Å². The maximum absolute atomic E-state index is 12.7. The molecular weight excluding hydrogens is 411 g/mol. The molecule has 3 unspecified atom stereocenters. The lowest BCUT2D eigenvalue weighted by Crippen LogP contribution is -2.53. The smallest absolute Gasteiger partial charge is 0.236 e. The zero-order valence-electron chi connectivity index (χ0n) is 18.1. The summed E-state index contributed by atoms with van der Waals surface area (Å²) in [5, 5.41) is 3.46. The highest BCUT2D eigenvalue weighted by Crippen LogP contribution is 2.23. The highest BCUT2D eigenvalue weighted by Gasteiger charge is 2.29. The van der Waals surface area contributed by atoms with E-state index in [4.69, 9.17) is 0 Å². The minimum atomic E-state index is 0. The number of rotatable bonds is 5. The maximum atomic E-state index is 12.7. The van der Waals surface area contributed by atoms with Crippen molar-refractivity contribution in [3.63, 3.8) is 0 Å². The second kappa shape index (κ2) is 13.0. The van der Waals surface area contributed by atoms with Gasteiger partial charge in [0.1, 0.15) is 0 Å². The van der Waals surface area contributed by atoms with E-state index in [9.17, 15) is 9.59 Å². The molecule has 0 aromatic rings. The van der Waals surface area contributed by atoms with Crippen LogP contribution in [0.4, 0.5) is 0 Å². The average molecular weight is 451 g/mol. The van der Waals surface area contributed by atoms with Crippen LogP contribution in [-0.2, 0) is 9.59 Å². The Morgan fingerprint density at radius 1 is 0.966 bits per heavy atom. The van der Waals surface area contributed by atoms with Crippen LogP contribution >= 0.6 is 24.8 Å². The van der Waals surface area contributed by atoms with Gasteiger partial charge in [0.25, 0.3) is 0 Å². The number of carbonyl (C=O) groups is 2. The summed E-state index contributed by atoms with van der Waals surface area (Å²) in [6.07, 6.45) is 6.63. The lowest BCUT2D eigenvalue weighted by molar-refractivity contribution is -0.137. The van der Waals surface area contributed by atoms with Crippen molar-refractivity contribution < 1.29 is 9.59 Å². The second-order valence-corrected chi connectivity index (χ2v) is 8.88. The largest absolute Gasteiger partial charge is 0.340 e. The molecule has 0 spiro atoms. The van der Waals surface area contributed by atoms with Crippen molar-refractivity contribution in [1.82, 2.24) is 20.0 Å². The Labute approximate surface area is 188 Å². The van der Waals surface area contributed by atoms with Crippen LogP contribution in [0.5, 0.6) is 0 Å². The normalized spacial score (nSPS) is 26.8. The number of amides is 2. The van der Waals surface area contributed by atoms with Gasteiger partial charge in [0.15, 0.2) is 0 Å². The molecule has 3 atom stereocenters. The minimum absolute atomic E-state index is 0. The summed E-state index contributed by atoms with van der Waals surface area (Å²) in [5.41, 5.74) is 0. The monoisotopic (exact) mass is 450 g/mol. The number of hydrogen-bond donors (Lipinski definition) is 1. The van der Waals surface area contributed by atoms with Crippen molar-refractivity contribution in [2.24, 2.45) is 11.8 Å². The molecule has 3 fully saturated rings. The summed E-state index contributed by atoms with van der Waals surface area (Å²) in [4.78, 5) is 31.6. The quantitative estimate of drug-likeness (QED) is 0.698. The van der Waals surface area contributed by atoms with Gasteiger partial charge in [-0.2, -0.15) is 0 Å². The number of carbonyl (C=O) groups excluding carboxylic acids is 2. The molecule has 2 amide bonds. The van der Waals surface area contributed by atoms with Crippen molar-refractivity contribution in [3.8, 4) is 0 Å². The molecule has 0 bridgehead atoms. The topological polar surface area (TPSA) is 55.9 Å². The lowest BCUT2D eigenvalue weighted by Gasteiger charge is -2.38. The fourth-order valence-corrected chi connectivity index (χ4v) is 4.84. The lowest BCUT2D eigenvalue weighted by atomic mass is 9.85. The van der Waals surface area contributed by atoms with Gasteiger partial charge in [0.2, 0.25) is 11.8 Å². The van der Waals surface area contributed by atoms with E-state index in [2.05, 4.69) is 29.0 Å². The summed E-state index contributed by atoms with van der Waals surface area (Å²) >= 11 is 0. The fourth-order valence-electron chi connectivity index (χ4n) is 4.84. The van der Waals surface area contributed by atoms with E-state index in [1.165, 1.54) is 19.3 Å². The van der Waals surface area contributed by atoms with E-state index >= 15 is 0 Å². The molecular formula is C21H40Cl2N4O2. The molecule has 3 aliphatic rings. The van der Waals surface area contributed by atoms with E-state index in [0.29, 0.717) is 36.8 Å². The molecule has 3 rings (SSSR count). The van der Waals surface area contributed by atoms with Gasteiger partial charge >= 0.3 is 0 Å². The molecule has 8 heteroatoms. The van der Waals surface area contributed by atoms with Crippen molar-refractivity contribution >= 4 is 36.6 Å². The van der Waals surface area contributed by atoms with Crippen molar-refractivity contribution in [3.05, 3.63) is 0 Å². The van der Waals surface area contributed by atoms with Crippen LogP contribution in [0.15, 0.2) is 0 Å². The van der Waals surface area contributed by atoms with Gasteiger partial charge in [-0.05, 0) is 64.0 Å². The van der Waals surface area contributed by atoms with E-state index < -0.39 is 0 Å². The Bertz CT molecular complexity index is 509. The predicted molar refractivity (Wildman–Crippen MR) is 122 cm³/mol. The summed E-state index contributed by atoms with van der Waals surface area (Å²) in [6.45, 7) is 11.1.